The van der Waals surface area contributed by atoms with E-state index in [-0.39, 0.29) is 6.03 Å². The number of hydrogen-bond donors (Lipinski definition) is 2. The van der Waals surface area contributed by atoms with Crippen LogP contribution >= 0.6 is 0 Å². The summed E-state index contributed by atoms with van der Waals surface area (Å²) in [4.78, 5) is 14.1. The number of hydrogen-bond acceptors (Lipinski definition) is 2. The Kier molecular flexibility index (Phi) is 5.03. The zero-order valence-electron chi connectivity index (χ0n) is 11.9. The van der Waals surface area contributed by atoms with E-state index in [2.05, 4.69) is 17.2 Å². The highest BCUT2D eigenvalue weighted by Gasteiger charge is 2.17. The molecule has 3 N–H and O–H groups in total. The molecule has 1 aromatic rings. The summed E-state index contributed by atoms with van der Waals surface area (Å²) in [6.45, 7) is 3.98. The first-order valence-corrected chi connectivity index (χ1v) is 7.06. The number of benzene rings is 1. The Morgan fingerprint density at radius 2 is 2.10 bits per heavy atom. The van der Waals surface area contributed by atoms with Crippen molar-refractivity contribution in [2.24, 2.45) is 5.73 Å². The molecule has 20 heavy (non-hydrogen) atoms. The topological polar surface area (TPSA) is 58.4 Å². The normalized spacial score (nSPS) is 14.4. The van der Waals surface area contributed by atoms with Crippen molar-refractivity contribution in [3.63, 3.8) is 0 Å². The number of rotatable bonds is 1. The van der Waals surface area contributed by atoms with Crippen LogP contribution in [0.3, 0.4) is 0 Å². The summed E-state index contributed by atoms with van der Waals surface area (Å²) in [5, 5.41) is 2.97. The van der Waals surface area contributed by atoms with Gasteiger partial charge >= 0.3 is 6.03 Å². The van der Waals surface area contributed by atoms with Crippen LogP contribution in [0.25, 0.3) is 0 Å². The zero-order valence-corrected chi connectivity index (χ0v) is 11.9. The van der Waals surface area contributed by atoms with Gasteiger partial charge in [-0.3, -0.25) is 0 Å². The van der Waals surface area contributed by atoms with E-state index in [0.717, 1.165) is 42.7 Å². The fourth-order valence-electron chi connectivity index (χ4n) is 2.31. The highest BCUT2D eigenvalue weighted by molar-refractivity contribution is 5.91. The van der Waals surface area contributed by atoms with E-state index in [1.807, 2.05) is 30.0 Å². The average molecular weight is 271 g/mol. The largest absolute Gasteiger partial charge is 0.325 e. The summed E-state index contributed by atoms with van der Waals surface area (Å²) in [5.74, 6) is 5.83. The molecule has 0 spiro atoms. The van der Waals surface area contributed by atoms with Crippen LogP contribution < -0.4 is 11.1 Å². The van der Waals surface area contributed by atoms with Gasteiger partial charge in [0.05, 0.1) is 12.2 Å². The van der Waals surface area contributed by atoms with Gasteiger partial charge < -0.3 is 16.0 Å². The first-order valence-electron chi connectivity index (χ1n) is 7.06. The number of urea groups is 1. The molecule has 0 saturated carbocycles. The van der Waals surface area contributed by atoms with E-state index < -0.39 is 0 Å². The number of likely N-dealkylation sites (tertiary alicyclic amines) is 1. The van der Waals surface area contributed by atoms with E-state index in [0.29, 0.717) is 6.54 Å². The highest BCUT2D eigenvalue weighted by atomic mass is 16.2. The maximum absolute atomic E-state index is 12.2. The highest BCUT2D eigenvalue weighted by Crippen LogP contribution is 2.18. The first kappa shape index (κ1) is 14.4. The van der Waals surface area contributed by atoms with Crippen molar-refractivity contribution in [1.29, 1.82) is 0 Å². The molecule has 0 bridgehead atoms. The quantitative estimate of drug-likeness (QED) is 0.770. The molecule has 0 unspecified atom stereocenters. The minimum absolute atomic E-state index is 0.0360. The summed E-state index contributed by atoms with van der Waals surface area (Å²) in [5.41, 5.74) is 8.08. The molecule has 0 aliphatic carbocycles. The van der Waals surface area contributed by atoms with Gasteiger partial charge in [-0.05, 0) is 43.9 Å². The average Bonchev–Trinajstić information content (AvgIpc) is 2.47. The Morgan fingerprint density at radius 1 is 1.35 bits per heavy atom. The second kappa shape index (κ2) is 6.97. The van der Waals surface area contributed by atoms with E-state index in [1.165, 1.54) is 6.42 Å². The third-order valence-electron chi connectivity index (χ3n) is 3.39. The van der Waals surface area contributed by atoms with Crippen LogP contribution in [0.15, 0.2) is 18.2 Å². The lowest BCUT2D eigenvalue weighted by Gasteiger charge is -2.27. The molecular weight excluding hydrogens is 250 g/mol. The van der Waals surface area contributed by atoms with Crippen molar-refractivity contribution in [3.05, 3.63) is 29.3 Å². The third kappa shape index (κ3) is 3.75. The minimum Gasteiger partial charge on any atom is -0.325 e. The summed E-state index contributed by atoms with van der Waals surface area (Å²) < 4.78 is 0. The number of carbonyl (C=O) groups excluding carboxylic acids is 1. The number of carbonyl (C=O) groups is 1. The number of aryl methyl sites for hydroxylation is 1. The van der Waals surface area contributed by atoms with Gasteiger partial charge in [0.1, 0.15) is 0 Å². The van der Waals surface area contributed by atoms with Gasteiger partial charge in [0.25, 0.3) is 0 Å². The molecule has 4 nitrogen and oxygen atoms in total. The SMILES string of the molecule is Cc1ccc(C#CCN)c(NC(=O)N2CCCCC2)c1. The molecule has 2 amide bonds. The molecule has 1 aromatic carbocycles. The van der Waals surface area contributed by atoms with Crippen LogP contribution in [0.5, 0.6) is 0 Å². The number of anilines is 1. The third-order valence-corrected chi connectivity index (χ3v) is 3.39. The molecule has 1 fully saturated rings. The molecule has 1 heterocycles. The lowest BCUT2D eigenvalue weighted by Crippen LogP contribution is -2.38. The van der Waals surface area contributed by atoms with Gasteiger partial charge in [0, 0.05) is 18.7 Å². The second-order valence-corrected chi connectivity index (χ2v) is 5.03. The molecule has 0 aromatic heterocycles. The fraction of sp³-hybridized carbons (Fsp3) is 0.438. The van der Waals surface area contributed by atoms with E-state index >= 15 is 0 Å². The van der Waals surface area contributed by atoms with Crippen LogP contribution in [0.2, 0.25) is 0 Å². The van der Waals surface area contributed by atoms with Gasteiger partial charge in [-0.15, -0.1) is 0 Å². The van der Waals surface area contributed by atoms with Crippen molar-refractivity contribution in [1.82, 2.24) is 4.90 Å². The Labute approximate surface area is 120 Å². The van der Waals surface area contributed by atoms with Crippen molar-refractivity contribution in [3.8, 4) is 11.8 Å². The lowest BCUT2D eigenvalue weighted by atomic mass is 10.1. The van der Waals surface area contributed by atoms with Crippen LogP contribution in [-0.4, -0.2) is 30.6 Å². The molecule has 2 rings (SSSR count). The molecule has 4 heteroatoms. The molecule has 1 aliphatic rings. The number of nitrogens with two attached hydrogens (primary N) is 1. The van der Waals surface area contributed by atoms with Crippen LogP contribution in [0.1, 0.15) is 30.4 Å². The van der Waals surface area contributed by atoms with Gasteiger partial charge in [0.2, 0.25) is 0 Å². The molecule has 0 atom stereocenters. The van der Waals surface area contributed by atoms with Gasteiger partial charge in [-0.2, -0.15) is 0 Å². The lowest BCUT2D eigenvalue weighted by molar-refractivity contribution is 0.200. The Balaban J connectivity index is 2.14. The van der Waals surface area contributed by atoms with Crippen LogP contribution in [0.4, 0.5) is 10.5 Å². The standard InChI is InChI=1S/C16H21N3O/c1-13-7-8-14(6-5-9-17)15(12-13)18-16(20)19-10-3-2-4-11-19/h7-8,12H,2-4,9-11,17H2,1H3,(H,18,20). The predicted molar refractivity (Wildman–Crippen MR) is 81.6 cm³/mol. The van der Waals surface area contributed by atoms with Crippen molar-refractivity contribution < 1.29 is 4.79 Å². The van der Waals surface area contributed by atoms with Gasteiger partial charge in [-0.1, -0.05) is 17.9 Å². The van der Waals surface area contributed by atoms with E-state index in [4.69, 9.17) is 5.73 Å². The Hall–Kier alpha value is -1.99. The summed E-state index contributed by atoms with van der Waals surface area (Å²) in [6.07, 6.45) is 3.38. The fourth-order valence-corrected chi connectivity index (χ4v) is 2.31. The van der Waals surface area contributed by atoms with E-state index in [9.17, 15) is 4.79 Å². The van der Waals surface area contributed by atoms with E-state index in [1.54, 1.807) is 0 Å². The smallest absolute Gasteiger partial charge is 0.321 e. The zero-order chi connectivity index (χ0) is 14.4. The molecule has 1 aliphatic heterocycles. The monoisotopic (exact) mass is 271 g/mol. The van der Waals surface area contributed by atoms with Gasteiger partial charge in [-0.25, -0.2) is 4.79 Å². The number of nitrogens with zero attached hydrogens (tertiary/aromatic N) is 1. The van der Waals surface area contributed by atoms with Crippen molar-refractivity contribution in [2.75, 3.05) is 25.0 Å². The molecule has 106 valence electrons. The summed E-state index contributed by atoms with van der Waals surface area (Å²) in [7, 11) is 0. The Bertz CT molecular complexity index is 536. The van der Waals surface area contributed by atoms with Crippen molar-refractivity contribution in [2.45, 2.75) is 26.2 Å². The molecule has 1 saturated heterocycles. The second-order valence-electron chi connectivity index (χ2n) is 5.03. The number of piperidine rings is 1. The molecular formula is C16H21N3O. The first-order chi connectivity index (χ1) is 9.70. The number of amides is 2. The Morgan fingerprint density at radius 3 is 2.80 bits per heavy atom. The maximum Gasteiger partial charge on any atom is 0.321 e. The van der Waals surface area contributed by atoms with Crippen molar-refractivity contribution >= 4 is 11.7 Å². The number of nitrogens with one attached hydrogen (secondary N) is 1. The summed E-state index contributed by atoms with van der Waals surface area (Å²) in [6, 6.07) is 5.81. The summed E-state index contributed by atoms with van der Waals surface area (Å²) >= 11 is 0. The predicted octanol–water partition coefficient (Wildman–Crippen LogP) is 2.32. The maximum atomic E-state index is 12.2. The van der Waals surface area contributed by atoms with Crippen LogP contribution in [-0.2, 0) is 0 Å². The van der Waals surface area contributed by atoms with Crippen LogP contribution in [0, 0.1) is 18.8 Å². The molecule has 0 radical (unpaired) electrons. The minimum atomic E-state index is -0.0360. The van der Waals surface area contributed by atoms with Gasteiger partial charge in [0.15, 0.2) is 0 Å².